The van der Waals surface area contributed by atoms with Gasteiger partial charge in [-0.2, -0.15) is 0 Å². The topological polar surface area (TPSA) is 46.5 Å². The molecule has 0 unspecified atom stereocenters. The van der Waals surface area contributed by atoms with Crippen molar-refractivity contribution in [2.24, 2.45) is 0 Å². The lowest BCUT2D eigenvalue weighted by Crippen LogP contribution is -2.20. The first-order chi connectivity index (χ1) is 7.33. The van der Waals surface area contributed by atoms with Crippen LogP contribution in [-0.4, -0.2) is 23.8 Å². The van der Waals surface area contributed by atoms with Crippen LogP contribution in [0.2, 0.25) is 0 Å². The lowest BCUT2D eigenvalue weighted by atomic mass is 9.98. The molecule has 1 fully saturated rings. The summed E-state index contributed by atoms with van der Waals surface area (Å²) in [5, 5.41) is 8.53. The van der Waals surface area contributed by atoms with Crippen molar-refractivity contribution in [1.29, 1.82) is 0 Å². The zero-order valence-electron chi connectivity index (χ0n) is 9.15. The van der Waals surface area contributed by atoms with Crippen molar-refractivity contribution in [3.63, 3.8) is 0 Å². The molecule has 0 aromatic heterocycles. The van der Waals surface area contributed by atoms with Crippen molar-refractivity contribution in [2.75, 3.05) is 6.61 Å². The molecule has 1 rings (SSSR count). The van der Waals surface area contributed by atoms with E-state index in [1.165, 1.54) is 19.3 Å². The van der Waals surface area contributed by atoms with Crippen LogP contribution in [0.15, 0.2) is 12.2 Å². The highest BCUT2D eigenvalue weighted by Crippen LogP contribution is 2.20. The van der Waals surface area contributed by atoms with Gasteiger partial charge >= 0.3 is 5.97 Å². The molecule has 15 heavy (non-hydrogen) atoms. The number of esters is 1. The predicted octanol–water partition coefficient (Wildman–Crippen LogP) is 2.19. The van der Waals surface area contributed by atoms with E-state index < -0.39 is 0 Å². The molecule has 0 amide bonds. The van der Waals surface area contributed by atoms with Crippen LogP contribution in [0.25, 0.3) is 0 Å². The summed E-state index contributed by atoms with van der Waals surface area (Å²) in [5.74, 6) is -0.143. The van der Waals surface area contributed by atoms with Gasteiger partial charge in [-0.05, 0) is 32.1 Å². The molecule has 1 saturated carbocycles. The first-order valence-electron chi connectivity index (χ1n) is 5.78. The highest BCUT2D eigenvalue weighted by molar-refractivity contribution is 5.71. The highest BCUT2D eigenvalue weighted by Gasteiger charge is 2.16. The average molecular weight is 212 g/mol. The zero-order chi connectivity index (χ0) is 10.9. The van der Waals surface area contributed by atoms with Crippen LogP contribution in [0.5, 0.6) is 0 Å². The Balaban J connectivity index is 2.11. The number of hydrogen-bond acceptors (Lipinski definition) is 3. The number of carbonyl (C=O) groups excluding carboxylic acids is 1. The quantitative estimate of drug-likeness (QED) is 0.561. The van der Waals surface area contributed by atoms with Crippen LogP contribution in [0.1, 0.15) is 44.9 Å². The van der Waals surface area contributed by atoms with Gasteiger partial charge in [-0.3, -0.25) is 4.79 Å². The third-order valence-corrected chi connectivity index (χ3v) is 2.60. The molecule has 0 aromatic carbocycles. The fraction of sp³-hybridized carbons (Fsp3) is 0.750. The Bertz CT molecular complexity index is 205. The van der Waals surface area contributed by atoms with E-state index in [0.717, 1.165) is 12.8 Å². The van der Waals surface area contributed by atoms with Crippen LogP contribution in [0.4, 0.5) is 0 Å². The van der Waals surface area contributed by atoms with Crippen LogP contribution in [0, 0.1) is 0 Å². The van der Waals surface area contributed by atoms with Gasteiger partial charge in [0.25, 0.3) is 0 Å². The molecule has 0 saturated heterocycles. The van der Waals surface area contributed by atoms with E-state index in [4.69, 9.17) is 9.84 Å². The van der Waals surface area contributed by atoms with E-state index in [1.807, 2.05) is 6.08 Å². The maximum atomic E-state index is 11.3. The lowest BCUT2D eigenvalue weighted by Gasteiger charge is -2.21. The van der Waals surface area contributed by atoms with E-state index in [0.29, 0.717) is 12.8 Å². The van der Waals surface area contributed by atoms with E-state index in [1.54, 1.807) is 6.08 Å². The van der Waals surface area contributed by atoms with Gasteiger partial charge in [-0.25, -0.2) is 0 Å². The normalized spacial score (nSPS) is 18.2. The highest BCUT2D eigenvalue weighted by atomic mass is 16.5. The van der Waals surface area contributed by atoms with E-state index in [-0.39, 0.29) is 18.7 Å². The fourth-order valence-corrected chi connectivity index (χ4v) is 1.79. The van der Waals surface area contributed by atoms with Crippen LogP contribution in [0.3, 0.4) is 0 Å². The van der Waals surface area contributed by atoms with Crippen LogP contribution >= 0.6 is 0 Å². The molecule has 0 atom stereocenters. The van der Waals surface area contributed by atoms with Gasteiger partial charge in [0.05, 0.1) is 6.42 Å². The largest absolute Gasteiger partial charge is 0.462 e. The molecular formula is C12H20O3. The SMILES string of the molecule is O=C(C/C=C\CCO)OC1CCCCC1. The number of rotatable bonds is 5. The molecule has 3 heteroatoms. The summed E-state index contributed by atoms with van der Waals surface area (Å²) in [5.41, 5.74) is 0. The molecule has 0 radical (unpaired) electrons. The Labute approximate surface area is 91.1 Å². The van der Waals surface area contributed by atoms with Crippen molar-refractivity contribution in [3.8, 4) is 0 Å². The van der Waals surface area contributed by atoms with Crippen molar-refractivity contribution >= 4 is 5.97 Å². The molecule has 1 aliphatic carbocycles. The third kappa shape index (κ3) is 5.57. The average Bonchev–Trinajstić information content (AvgIpc) is 2.26. The molecule has 86 valence electrons. The molecule has 0 aromatic rings. The number of ether oxygens (including phenoxy) is 1. The van der Waals surface area contributed by atoms with Crippen molar-refractivity contribution in [1.82, 2.24) is 0 Å². The molecule has 0 spiro atoms. The summed E-state index contributed by atoms with van der Waals surface area (Å²) in [6, 6.07) is 0. The fourth-order valence-electron chi connectivity index (χ4n) is 1.79. The van der Waals surface area contributed by atoms with Gasteiger partial charge in [0.15, 0.2) is 0 Å². The van der Waals surface area contributed by atoms with E-state index in [9.17, 15) is 4.79 Å². The maximum Gasteiger partial charge on any atom is 0.309 e. The number of carbonyl (C=O) groups is 1. The first-order valence-corrected chi connectivity index (χ1v) is 5.78. The van der Waals surface area contributed by atoms with Gasteiger partial charge in [-0.15, -0.1) is 0 Å². The molecular weight excluding hydrogens is 192 g/mol. The van der Waals surface area contributed by atoms with Gasteiger partial charge < -0.3 is 9.84 Å². The predicted molar refractivity (Wildman–Crippen MR) is 58.4 cm³/mol. The standard InChI is InChI=1S/C12H20O3/c13-10-6-2-5-9-12(14)15-11-7-3-1-4-8-11/h2,5,11,13H,1,3-4,6-10H2/b5-2-. The van der Waals surface area contributed by atoms with E-state index in [2.05, 4.69) is 0 Å². The molecule has 0 heterocycles. The number of hydrogen-bond donors (Lipinski definition) is 1. The van der Waals surface area contributed by atoms with Crippen LogP contribution in [-0.2, 0) is 9.53 Å². The van der Waals surface area contributed by atoms with Crippen molar-refractivity contribution in [3.05, 3.63) is 12.2 Å². The van der Waals surface area contributed by atoms with Gasteiger partial charge in [0.1, 0.15) is 6.10 Å². The van der Waals surface area contributed by atoms with Gasteiger partial charge in [0.2, 0.25) is 0 Å². The van der Waals surface area contributed by atoms with E-state index >= 15 is 0 Å². The minimum absolute atomic E-state index is 0.133. The Morgan fingerprint density at radius 2 is 2.00 bits per heavy atom. The van der Waals surface area contributed by atoms with Gasteiger partial charge in [-0.1, -0.05) is 18.6 Å². The summed E-state index contributed by atoms with van der Waals surface area (Å²) in [4.78, 5) is 11.3. The number of aliphatic hydroxyl groups is 1. The Kier molecular flexibility index (Phi) is 6.09. The first kappa shape index (κ1) is 12.2. The summed E-state index contributed by atoms with van der Waals surface area (Å²) in [6.07, 6.45) is 10.3. The zero-order valence-corrected chi connectivity index (χ0v) is 9.15. The maximum absolute atomic E-state index is 11.3. The summed E-state index contributed by atoms with van der Waals surface area (Å²) >= 11 is 0. The molecule has 1 N–H and O–H groups in total. The molecule has 0 aliphatic heterocycles. The Morgan fingerprint density at radius 3 is 2.67 bits per heavy atom. The molecule has 0 bridgehead atoms. The minimum atomic E-state index is -0.143. The summed E-state index contributed by atoms with van der Waals surface area (Å²) in [7, 11) is 0. The molecule has 1 aliphatic rings. The van der Waals surface area contributed by atoms with Crippen molar-refractivity contribution in [2.45, 2.75) is 51.0 Å². The lowest BCUT2D eigenvalue weighted by molar-refractivity contribution is -0.149. The Hall–Kier alpha value is -0.830. The van der Waals surface area contributed by atoms with Crippen LogP contribution < -0.4 is 0 Å². The second-order valence-corrected chi connectivity index (χ2v) is 3.94. The monoisotopic (exact) mass is 212 g/mol. The minimum Gasteiger partial charge on any atom is -0.462 e. The summed E-state index contributed by atoms with van der Waals surface area (Å²) in [6.45, 7) is 0.133. The number of aliphatic hydroxyl groups excluding tert-OH is 1. The summed E-state index contributed by atoms with van der Waals surface area (Å²) < 4.78 is 5.32. The second-order valence-electron chi connectivity index (χ2n) is 3.94. The van der Waals surface area contributed by atoms with Gasteiger partial charge in [0, 0.05) is 6.61 Å². The second kappa shape index (κ2) is 7.46. The third-order valence-electron chi connectivity index (χ3n) is 2.60. The molecule has 3 nitrogen and oxygen atoms in total. The smallest absolute Gasteiger partial charge is 0.309 e. The van der Waals surface area contributed by atoms with Crippen molar-refractivity contribution < 1.29 is 14.6 Å². The Morgan fingerprint density at radius 1 is 1.27 bits per heavy atom.